The Labute approximate surface area is 123 Å². The van der Waals surface area contributed by atoms with Crippen molar-refractivity contribution in [2.24, 2.45) is 0 Å². The maximum atomic E-state index is 12.1. The first-order valence-electron chi connectivity index (χ1n) is 6.61. The van der Waals surface area contributed by atoms with E-state index in [0.717, 1.165) is 0 Å². The van der Waals surface area contributed by atoms with Gasteiger partial charge in [0.15, 0.2) is 9.84 Å². The summed E-state index contributed by atoms with van der Waals surface area (Å²) >= 11 is 0. The Bertz CT molecular complexity index is 657. The van der Waals surface area contributed by atoms with E-state index in [2.05, 4.69) is 27.2 Å². The summed E-state index contributed by atoms with van der Waals surface area (Å²) in [7, 11) is -3.02. The molecule has 114 valence electrons. The Kier molecular flexibility index (Phi) is 4.56. The summed E-state index contributed by atoms with van der Waals surface area (Å²) in [6.45, 7) is 5.81. The lowest BCUT2D eigenvalue weighted by atomic mass is 10.2. The molecule has 0 saturated carbocycles. The molecule has 1 fully saturated rings. The van der Waals surface area contributed by atoms with E-state index in [1.807, 2.05) is 0 Å². The zero-order chi connectivity index (χ0) is 15.5. The first kappa shape index (κ1) is 15.4. The van der Waals surface area contributed by atoms with Gasteiger partial charge in [-0.1, -0.05) is 6.08 Å². The van der Waals surface area contributed by atoms with E-state index < -0.39 is 9.84 Å². The van der Waals surface area contributed by atoms with Crippen LogP contribution in [0, 0.1) is 6.92 Å². The highest BCUT2D eigenvalue weighted by molar-refractivity contribution is 7.91. The fraction of sp³-hybridized carbons (Fsp3) is 0.462. The quantitative estimate of drug-likeness (QED) is 0.759. The van der Waals surface area contributed by atoms with Crippen LogP contribution in [0.2, 0.25) is 0 Å². The minimum Gasteiger partial charge on any atom is -0.366 e. The van der Waals surface area contributed by atoms with Crippen molar-refractivity contribution < 1.29 is 13.2 Å². The number of nitrogens with one attached hydrogen (secondary N) is 2. The number of sulfone groups is 1. The van der Waals surface area contributed by atoms with Gasteiger partial charge in [-0.3, -0.25) is 4.79 Å². The zero-order valence-corrected chi connectivity index (χ0v) is 12.6. The lowest BCUT2D eigenvalue weighted by Gasteiger charge is -2.11. The van der Waals surface area contributed by atoms with Gasteiger partial charge < -0.3 is 10.6 Å². The van der Waals surface area contributed by atoms with E-state index in [-0.39, 0.29) is 29.1 Å². The molecule has 1 aliphatic rings. The van der Waals surface area contributed by atoms with E-state index in [1.165, 1.54) is 6.07 Å². The topological polar surface area (TPSA) is 101 Å². The molecule has 21 heavy (non-hydrogen) atoms. The van der Waals surface area contributed by atoms with Gasteiger partial charge in [0.05, 0.1) is 11.5 Å². The molecule has 1 aromatic heterocycles. The molecule has 1 amide bonds. The lowest BCUT2D eigenvalue weighted by molar-refractivity contribution is 0.0935. The van der Waals surface area contributed by atoms with Gasteiger partial charge in [0.25, 0.3) is 5.91 Å². The van der Waals surface area contributed by atoms with Gasteiger partial charge >= 0.3 is 0 Å². The predicted octanol–water partition coefficient (Wildman–Crippen LogP) is 0.300. The summed E-state index contributed by atoms with van der Waals surface area (Å²) < 4.78 is 22.8. The highest BCUT2D eigenvalue weighted by atomic mass is 32.2. The van der Waals surface area contributed by atoms with Crippen LogP contribution in [-0.4, -0.2) is 48.4 Å². The van der Waals surface area contributed by atoms with E-state index in [0.29, 0.717) is 24.6 Å². The van der Waals surface area contributed by atoms with Gasteiger partial charge in [0, 0.05) is 18.7 Å². The summed E-state index contributed by atoms with van der Waals surface area (Å²) in [6.07, 6.45) is 2.13. The van der Waals surface area contributed by atoms with Gasteiger partial charge in [-0.2, -0.15) is 0 Å². The summed E-state index contributed by atoms with van der Waals surface area (Å²) in [5.74, 6) is 0.723. The molecule has 1 saturated heterocycles. The highest BCUT2D eigenvalue weighted by Crippen LogP contribution is 2.13. The number of hydrogen-bond acceptors (Lipinski definition) is 6. The van der Waals surface area contributed by atoms with E-state index in [9.17, 15) is 13.2 Å². The highest BCUT2D eigenvalue weighted by Gasteiger charge is 2.29. The summed E-state index contributed by atoms with van der Waals surface area (Å²) in [5, 5.41) is 5.70. The number of carbonyl (C=O) groups is 1. The fourth-order valence-electron chi connectivity index (χ4n) is 2.12. The number of aromatic nitrogens is 2. The van der Waals surface area contributed by atoms with E-state index >= 15 is 0 Å². The largest absolute Gasteiger partial charge is 0.366 e. The predicted molar refractivity (Wildman–Crippen MR) is 80.0 cm³/mol. The number of rotatable bonds is 5. The average molecular weight is 310 g/mol. The van der Waals surface area contributed by atoms with Crippen molar-refractivity contribution in [3.05, 3.63) is 30.2 Å². The fourth-order valence-corrected chi connectivity index (χ4v) is 3.79. The van der Waals surface area contributed by atoms with Crippen LogP contribution in [0.1, 0.15) is 22.7 Å². The molecule has 0 radical (unpaired) electrons. The number of anilines is 1. The Hall–Kier alpha value is -1.96. The van der Waals surface area contributed by atoms with Crippen LogP contribution in [0.3, 0.4) is 0 Å². The van der Waals surface area contributed by atoms with Crippen LogP contribution in [0.4, 0.5) is 5.82 Å². The normalized spacial score (nSPS) is 20.0. The number of amides is 1. The van der Waals surface area contributed by atoms with Crippen LogP contribution in [0.5, 0.6) is 0 Å². The van der Waals surface area contributed by atoms with Crippen molar-refractivity contribution in [1.29, 1.82) is 0 Å². The van der Waals surface area contributed by atoms with Crippen molar-refractivity contribution in [2.75, 3.05) is 23.4 Å². The second-order valence-electron chi connectivity index (χ2n) is 4.93. The van der Waals surface area contributed by atoms with Crippen molar-refractivity contribution >= 4 is 21.6 Å². The number of hydrogen-bond donors (Lipinski definition) is 2. The first-order valence-corrected chi connectivity index (χ1v) is 8.43. The van der Waals surface area contributed by atoms with Gasteiger partial charge in [0.2, 0.25) is 0 Å². The van der Waals surface area contributed by atoms with Gasteiger partial charge in [-0.15, -0.1) is 6.58 Å². The summed E-state index contributed by atoms with van der Waals surface area (Å²) in [4.78, 5) is 20.4. The molecular weight excluding hydrogens is 292 g/mol. The van der Waals surface area contributed by atoms with E-state index in [4.69, 9.17) is 0 Å². The monoisotopic (exact) mass is 310 g/mol. The Morgan fingerprint density at radius 2 is 2.29 bits per heavy atom. The molecular formula is C13H18N4O3S. The van der Waals surface area contributed by atoms with Crippen molar-refractivity contribution in [3.8, 4) is 0 Å². The smallest absolute Gasteiger partial charge is 0.270 e. The minimum absolute atomic E-state index is 0.00955. The Morgan fingerprint density at radius 3 is 2.90 bits per heavy atom. The molecule has 0 aromatic carbocycles. The maximum Gasteiger partial charge on any atom is 0.270 e. The summed E-state index contributed by atoms with van der Waals surface area (Å²) in [6, 6.07) is 1.19. The van der Waals surface area contributed by atoms with Gasteiger partial charge in [0.1, 0.15) is 17.3 Å². The molecule has 0 bridgehead atoms. The molecule has 1 unspecified atom stereocenters. The molecule has 0 aliphatic carbocycles. The van der Waals surface area contributed by atoms with Crippen LogP contribution in [-0.2, 0) is 9.84 Å². The molecule has 1 aromatic rings. The second-order valence-corrected chi connectivity index (χ2v) is 7.16. The molecule has 1 aliphatic heterocycles. The first-order chi connectivity index (χ1) is 9.89. The number of aryl methyl sites for hydroxylation is 1. The SMILES string of the molecule is C=CCNc1cc(C(=O)NC2CCS(=O)(=O)C2)nc(C)n1. The Morgan fingerprint density at radius 1 is 1.52 bits per heavy atom. The van der Waals surface area contributed by atoms with Crippen molar-refractivity contribution in [3.63, 3.8) is 0 Å². The Balaban J connectivity index is 2.08. The molecule has 1 atom stereocenters. The molecule has 7 nitrogen and oxygen atoms in total. The molecule has 8 heteroatoms. The molecule has 0 spiro atoms. The lowest BCUT2D eigenvalue weighted by Crippen LogP contribution is -2.36. The van der Waals surface area contributed by atoms with Crippen LogP contribution in [0.25, 0.3) is 0 Å². The van der Waals surface area contributed by atoms with Crippen LogP contribution < -0.4 is 10.6 Å². The third-order valence-corrected chi connectivity index (χ3v) is 4.83. The minimum atomic E-state index is -3.02. The number of nitrogens with zero attached hydrogens (tertiary/aromatic N) is 2. The van der Waals surface area contributed by atoms with Crippen molar-refractivity contribution in [2.45, 2.75) is 19.4 Å². The van der Waals surface area contributed by atoms with Crippen LogP contribution >= 0.6 is 0 Å². The summed E-state index contributed by atoms with van der Waals surface area (Å²) in [5.41, 5.74) is 0.221. The van der Waals surface area contributed by atoms with Gasteiger partial charge in [-0.25, -0.2) is 18.4 Å². The maximum absolute atomic E-state index is 12.1. The average Bonchev–Trinajstić information content (AvgIpc) is 2.75. The zero-order valence-electron chi connectivity index (χ0n) is 11.8. The third kappa shape index (κ3) is 4.25. The van der Waals surface area contributed by atoms with Crippen LogP contribution in [0.15, 0.2) is 18.7 Å². The van der Waals surface area contributed by atoms with Gasteiger partial charge in [-0.05, 0) is 13.3 Å². The molecule has 2 heterocycles. The molecule has 2 rings (SSSR count). The van der Waals surface area contributed by atoms with Crippen molar-refractivity contribution in [1.82, 2.24) is 15.3 Å². The molecule has 2 N–H and O–H groups in total. The standard InChI is InChI=1S/C13H18N4O3S/c1-3-5-14-12-7-11(15-9(2)16-12)13(18)17-10-4-6-21(19,20)8-10/h3,7,10H,1,4-6,8H2,2H3,(H,17,18)(H,14,15,16). The second kappa shape index (κ2) is 6.21. The van der Waals surface area contributed by atoms with E-state index in [1.54, 1.807) is 13.0 Å². The third-order valence-electron chi connectivity index (χ3n) is 3.07. The number of carbonyl (C=O) groups excluding carboxylic acids is 1.